The predicted molar refractivity (Wildman–Crippen MR) is 77.6 cm³/mol. The second-order valence-electron chi connectivity index (χ2n) is 4.76. The zero-order valence-corrected chi connectivity index (χ0v) is 11.3. The highest BCUT2D eigenvalue weighted by molar-refractivity contribution is 6.23. The Hall–Kier alpha value is -2.89. The number of carbonyl (C=O) groups excluding carboxylic acids is 2. The number of amides is 2. The van der Waals surface area contributed by atoms with Crippen LogP contribution in [0.1, 0.15) is 33.2 Å². The summed E-state index contributed by atoms with van der Waals surface area (Å²) in [6, 6.07) is 8.46. The van der Waals surface area contributed by atoms with Gasteiger partial charge in [-0.25, -0.2) is 0 Å². The topological polar surface area (TPSA) is 94.2 Å². The Kier molecular flexibility index (Phi) is 2.86. The minimum atomic E-state index is -0.588. The molecular formula is C15H13N3O3. The summed E-state index contributed by atoms with van der Waals surface area (Å²) in [6.45, 7) is 1.96. The monoisotopic (exact) mass is 283 g/mol. The van der Waals surface area contributed by atoms with Gasteiger partial charge < -0.3 is 5.73 Å². The average Bonchev–Trinajstić information content (AvgIpc) is 2.74. The van der Waals surface area contributed by atoms with E-state index in [-0.39, 0.29) is 16.9 Å². The van der Waals surface area contributed by atoms with Crippen molar-refractivity contribution in [2.24, 2.45) is 0 Å². The SMILES string of the molecule is CCc1ccccc1-n1c(N)c2c(cc1=O)C(=O)NC2=O. The Morgan fingerprint density at radius 2 is 1.86 bits per heavy atom. The molecule has 3 N–H and O–H groups in total. The van der Waals surface area contributed by atoms with E-state index in [9.17, 15) is 14.4 Å². The molecule has 0 saturated carbocycles. The Morgan fingerprint density at radius 1 is 1.14 bits per heavy atom. The van der Waals surface area contributed by atoms with Gasteiger partial charge in [0.05, 0.1) is 16.8 Å². The summed E-state index contributed by atoms with van der Waals surface area (Å²) >= 11 is 0. The Balaban J connectivity index is 2.36. The van der Waals surface area contributed by atoms with E-state index in [1.807, 2.05) is 19.1 Å². The van der Waals surface area contributed by atoms with Gasteiger partial charge in [-0.1, -0.05) is 25.1 Å². The molecule has 6 nitrogen and oxygen atoms in total. The van der Waals surface area contributed by atoms with E-state index < -0.39 is 17.4 Å². The summed E-state index contributed by atoms with van der Waals surface area (Å²) in [7, 11) is 0. The average molecular weight is 283 g/mol. The molecule has 1 aromatic carbocycles. The minimum absolute atomic E-state index is 0.0123. The molecule has 1 aromatic heterocycles. The lowest BCUT2D eigenvalue weighted by Gasteiger charge is -2.14. The highest BCUT2D eigenvalue weighted by atomic mass is 16.2. The number of nitrogens with one attached hydrogen (secondary N) is 1. The van der Waals surface area contributed by atoms with Gasteiger partial charge in [0.15, 0.2) is 0 Å². The fourth-order valence-corrected chi connectivity index (χ4v) is 2.56. The Morgan fingerprint density at radius 3 is 2.57 bits per heavy atom. The van der Waals surface area contributed by atoms with E-state index in [1.165, 1.54) is 4.57 Å². The summed E-state index contributed by atoms with van der Waals surface area (Å²) in [5.74, 6) is -1.17. The Labute approximate surface area is 120 Å². The molecule has 21 heavy (non-hydrogen) atoms. The van der Waals surface area contributed by atoms with Crippen molar-refractivity contribution in [3.8, 4) is 5.69 Å². The van der Waals surface area contributed by atoms with Crippen LogP contribution in [0.3, 0.4) is 0 Å². The maximum Gasteiger partial charge on any atom is 0.262 e. The molecule has 0 unspecified atom stereocenters. The van der Waals surface area contributed by atoms with E-state index in [0.717, 1.165) is 11.6 Å². The van der Waals surface area contributed by atoms with Gasteiger partial charge in [-0.3, -0.25) is 24.3 Å². The standard InChI is InChI=1S/C15H13N3O3/c1-2-8-5-3-4-6-10(8)18-11(19)7-9-12(13(18)16)15(21)17-14(9)20/h3-7H,2,16H2,1H3,(H,17,20,21). The number of para-hydroxylation sites is 1. The molecule has 0 aliphatic carbocycles. The number of nitrogen functional groups attached to an aromatic ring is 1. The number of anilines is 1. The lowest BCUT2D eigenvalue weighted by molar-refractivity contribution is 0.0880. The lowest BCUT2D eigenvalue weighted by Crippen LogP contribution is -2.24. The molecule has 106 valence electrons. The van der Waals surface area contributed by atoms with Crippen LogP contribution in [-0.2, 0) is 6.42 Å². The van der Waals surface area contributed by atoms with Crippen molar-refractivity contribution in [2.45, 2.75) is 13.3 Å². The molecule has 0 spiro atoms. The first-order valence-electron chi connectivity index (χ1n) is 6.54. The Bertz CT molecular complexity index is 837. The number of rotatable bonds is 2. The summed E-state index contributed by atoms with van der Waals surface area (Å²) in [4.78, 5) is 35.7. The van der Waals surface area contributed by atoms with Crippen LogP contribution in [0.4, 0.5) is 5.82 Å². The van der Waals surface area contributed by atoms with Gasteiger partial charge >= 0.3 is 0 Å². The number of fused-ring (bicyclic) bond motifs is 1. The molecule has 2 aromatic rings. The lowest BCUT2D eigenvalue weighted by atomic mass is 10.1. The van der Waals surface area contributed by atoms with E-state index in [0.29, 0.717) is 12.1 Å². The predicted octanol–water partition coefficient (Wildman–Crippen LogP) is 0.866. The van der Waals surface area contributed by atoms with Crippen LogP contribution in [0.15, 0.2) is 35.1 Å². The number of pyridine rings is 1. The summed E-state index contributed by atoms with van der Waals surface area (Å²) in [6.07, 6.45) is 0.713. The van der Waals surface area contributed by atoms with Crippen LogP contribution >= 0.6 is 0 Å². The second kappa shape index (κ2) is 4.59. The first-order valence-corrected chi connectivity index (χ1v) is 6.54. The first-order chi connectivity index (χ1) is 10.0. The van der Waals surface area contributed by atoms with E-state index in [2.05, 4.69) is 5.32 Å². The number of aryl methyl sites for hydroxylation is 1. The summed E-state index contributed by atoms with van der Waals surface area (Å²) < 4.78 is 1.27. The molecule has 1 aliphatic rings. The zero-order chi connectivity index (χ0) is 15.1. The first kappa shape index (κ1) is 13.1. The van der Waals surface area contributed by atoms with Crippen molar-refractivity contribution in [1.82, 2.24) is 9.88 Å². The van der Waals surface area contributed by atoms with E-state index >= 15 is 0 Å². The zero-order valence-electron chi connectivity index (χ0n) is 11.3. The fourth-order valence-electron chi connectivity index (χ4n) is 2.56. The number of imide groups is 1. The number of nitrogens with two attached hydrogens (primary N) is 1. The molecule has 0 bridgehead atoms. The minimum Gasteiger partial charge on any atom is -0.384 e. The van der Waals surface area contributed by atoms with Crippen LogP contribution in [0.25, 0.3) is 5.69 Å². The molecule has 3 rings (SSSR count). The van der Waals surface area contributed by atoms with Gasteiger partial charge in [0.25, 0.3) is 17.4 Å². The van der Waals surface area contributed by atoms with Gasteiger partial charge in [-0.2, -0.15) is 0 Å². The molecule has 0 saturated heterocycles. The van der Waals surface area contributed by atoms with Crippen molar-refractivity contribution < 1.29 is 9.59 Å². The normalized spacial score (nSPS) is 13.2. The molecule has 2 amide bonds. The summed E-state index contributed by atoms with van der Waals surface area (Å²) in [5, 5.41) is 2.15. The van der Waals surface area contributed by atoms with E-state index in [4.69, 9.17) is 5.73 Å². The number of carbonyl (C=O) groups is 2. The fraction of sp³-hybridized carbons (Fsp3) is 0.133. The van der Waals surface area contributed by atoms with Crippen LogP contribution in [-0.4, -0.2) is 16.4 Å². The third kappa shape index (κ3) is 1.84. The highest BCUT2D eigenvalue weighted by Gasteiger charge is 2.31. The van der Waals surface area contributed by atoms with Crippen molar-refractivity contribution >= 4 is 17.6 Å². The number of hydrogen-bond acceptors (Lipinski definition) is 4. The maximum absolute atomic E-state index is 12.3. The van der Waals surface area contributed by atoms with Gasteiger partial charge in [-0.15, -0.1) is 0 Å². The molecule has 0 fully saturated rings. The van der Waals surface area contributed by atoms with Gasteiger partial charge in [0, 0.05) is 6.07 Å². The molecular weight excluding hydrogens is 270 g/mol. The van der Waals surface area contributed by atoms with Crippen molar-refractivity contribution in [1.29, 1.82) is 0 Å². The van der Waals surface area contributed by atoms with Crippen LogP contribution in [0, 0.1) is 0 Å². The third-order valence-electron chi connectivity index (χ3n) is 3.57. The van der Waals surface area contributed by atoms with Crippen molar-refractivity contribution in [3.63, 3.8) is 0 Å². The number of benzene rings is 1. The number of aromatic nitrogens is 1. The number of nitrogens with zero attached hydrogens (tertiary/aromatic N) is 1. The molecule has 0 atom stereocenters. The van der Waals surface area contributed by atoms with Gasteiger partial charge in [0.2, 0.25) is 0 Å². The molecule has 1 aliphatic heterocycles. The number of hydrogen-bond donors (Lipinski definition) is 2. The van der Waals surface area contributed by atoms with Crippen LogP contribution < -0.4 is 16.6 Å². The highest BCUT2D eigenvalue weighted by Crippen LogP contribution is 2.24. The van der Waals surface area contributed by atoms with Crippen molar-refractivity contribution in [2.75, 3.05) is 5.73 Å². The molecule has 0 radical (unpaired) electrons. The maximum atomic E-state index is 12.3. The van der Waals surface area contributed by atoms with Gasteiger partial charge in [-0.05, 0) is 18.1 Å². The molecule has 2 heterocycles. The largest absolute Gasteiger partial charge is 0.384 e. The molecule has 6 heteroatoms. The van der Waals surface area contributed by atoms with Crippen LogP contribution in [0.2, 0.25) is 0 Å². The van der Waals surface area contributed by atoms with Crippen molar-refractivity contribution in [3.05, 3.63) is 57.4 Å². The van der Waals surface area contributed by atoms with E-state index in [1.54, 1.807) is 12.1 Å². The smallest absolute Gasteiger partial charge is 0.262 e. The van der Waals surface area contributed by atoms with Crippen LogP contribution in [0.5, 0.6) is 0 Å². The second-order valence-corrected chi connectivity index (χ2v) is 4.76. The third-order valence-corrected chi connectivity index (χ3v) is 3.57. The van der Waals surface area contributed by atoms with Gasteiger partial charge in [0.1, 0.15) is 5.82 Å². The quantitative estimate of drug-likeness (QED) is 0.799. The summed E-state index contributed by atoms with van der Waals surface area (Å²) in [5.41, 5.74) is 7.21.